The molecule has 0 heterocycles. The number of amides is 1. The summed E-state index contributed by atoms with van der Waals surface area (Å²) in [5, 5.41) is 6.26. The van der Waals surface area contributed by atoms with Gasteiger partial charge in [0.2, 0.25) is 0 Å². The summed E-state index contributed by atoms with van der Waals surface area (Å²) in [5.74, 6) is 0.882. The molecule has 2 N–H and O–H groups in total. The van der Waals surface area contributed by atoms with Crippen molar-refractivity contribution in [2.24, 2.45) is 0 Å². The Bertz CT molecular complexity index is 763. The van der Waals surface area contributed by atoms with Gasteiger partial charge in [0, 0.05) is 18.3 Å². The number of anilines is 1. The number of methoxy groups -OCH3 is 1. The summed E-state index contributed by atoms with van der Waals surface area (Å²) in [4.78, 5) is 12.2. The monoisotopic (exact) mass is 434 g/mol. The first-order valence-electron chi connectivity index (χ1n) is 9.02. The number of nitrogens with one attached hydrogen (secondary N) is 2. The predicted octanol–water partition coefficient (Wildman–Crippen LogP) is 4.67. The minimum Gasteiger partial charge on any atom is -0.493 e. The molecular weight excluding hydrogens is 408 g/mol. The standard InChI is InChI=1S/C21H27BrN2O3/c1-5-15(3)23-12-16-10-18(22)21(19(11-16)26-4)27-13-20(25)24-17-8-6-14(2)7-9-17/h6-11,15,23H,5,12-13H2,1-4H3,(H,24,25). The molecule has 1 unspecified atom stereocenters. The van der Waals surface area contributed by atoms with Gasteiger partial charge in [-0.25, -0.2) is 0 Å². The van der Waals surface area contributed by atoms with Gasteiger partial charge in [-0.1, -0.05) is 24.6 Å². The fourth-order valence-electron chi connectivity index (χ4n) is 2.42. The lowest BCUT2D eigenvalue weighted by Crippen LogP contribution is -2.24. The summed E-state index contributed by atoms with van der Waals surface area (Å²) < 4.78 is 11.9. The van der Waals surface area contributed by atoms with E-state index in [0.29, 0.717) is 17.5 Å². The molecule has 0 aliphatic rings. The van der Waals surface area contributed by atoms with Crippen molar-refractivity contribution in [1.82, 2.24) is 5.32 Å². The zero-order chi connectivity index (χ0) is 19.8. The Balaban J connectivity index is 2.00. The third-order valence-electron chi connectivity index (χ3n) is 4.24. The average Bonchev–Trinajstić information content (AvgIpc) is 2.66. The van der Waals surface area contributed by atoms with Crippen molar-refractivity contribution in [3.63, 3.8) is 0 Å². The van der Waals surface area contributed by atoms with Gasteiger partial charge in [0.25, 0.3) is 5.91 Å². The number of benzene rings is 2. The van der Waals surface area contributed by atoms with E-state index in [1.165, 1.54) is 0 Å². The van der Waals surface area contributed by atoms with E-state index in [2.05, 4.69) is 40.4 Å². The largest absolute Gasteiger partial charge is 0.493 e. The van der Waals surface area contributed by atoms with Crippen LogP contribution in [-0.4, -0.2) is 25.7 Å². The lowest BCUT2D eigenvalue weighted by molar-refractivity contribution is -0.118. The Hall–Kier alpha value is -2.05. The van der Waals surface area contributed by atoms with Gasteiger partial charge in [-0.2, -0.15) is 0 Å². The summed E-state index contributed by atoms with van der Waals surface area (Å²) in [6.07, 6.45) is 1.07. The Morgan fingerprint density at radius 2 is 1.93 bits per heavy atom. The van der Waals surface area contributed by atoms with Crippen molar-refractivity contribution < 1.29 is 14.3 Å². The lowest BCUT2D eigenvalue weighted by atomic mass is 10.1. The Morgan fingerprint density at radius 1 is 1.22 bits per heavy atom. The maximum absolute atomic E-state index is 12.2. The molecule has 0 aliphatic carbocycles. The minimum absolute atomic E-state index is 0.104. The van der Waals surface area contributed by atoms with E-state index < -0.39 is 0 Å². The maximum atomic E-state index is 12.2. The zero-order valence-corrected chi connectivity index (χ0v) is 17.9. The zero-order valence-electron chi connectivity index (χ0n) is 16.3. The molecular formula is C21H27BrN2O3. The van der Waals surface area contributed by atoms with E-state index in [1.807, 2.05) is 43.3 Å². The van der Waals surface area contributed by atoms with Crippen molar-refractivity contribution in [1.29, 1.82) is 0 Å². The van der Waals surface area contributed by atoms with Crippen molar-refractivity contribution >= 4 is 27.5 Å². The molecule has 0 saturated heterocycles. The molecule has 0 aromatic heterocycles. The fourth-order valence-corrected chi connectivity index (χ4v) is 3.03. The molecule has 1 atom stereocenters. The first kappa shape index (κ1) is 21.3. The second-order valence-electron chi connectivity index (χ2n) is 6.50. The molecule has 2 rings (SSSR count). The molecule has 0 aliphatic heterocycles. The van der Waals surface area contributed by atoms with Crippen LogP contribution < -0.4 is 20.1 Å². The second-order valence-corrected chi connectivity index (χ2v) is 7.36. The fraction of sp³-hybridized carbons (Fsp3) is 0.381. The molecule has 5 nitrogen and oxygen atoms in total. The molecule has 0 spiro atoms. The Kier molecular flexibility index (Phi) is 8.13. The van der Waals surface area contributed by atoms with Crippen LogP contribution in [0.5, 0.6) is 11.5 Å². The number of ether oxygens (including phenoxy) is 2. The van der Waals surface area contributed by atoms with Crippen LogP contribution in [0.3, 0.4) is 0 Å². The quantitative estimate of drug-likeness (QED) is 0.601. The average molecular weight is 435 g/mol. The summed E-state index contributed by atoms with van der Waals surface area (Å²) in [5.41, 5.74) is 2.96. The number of hydrogen-bond donors (Lipinski definition) is 2. The van der Waals surface area contributed by atoms with Crippen molar-refractivity contribution in [2.45, 2.75) is 39.8 Å². The topological polar surface area (TPSA) is 59.6 Å². The summed E-state index contributed by atoms with van der Waals surface area (Å²) in [6, 6.07) is 12.0. The number of halogens is 1. The predicted molar refractivity (Wildman–Crippen MR) is 113 cm³/mol. The summed E-state index contributed by atoms with van der Waals surface area (Å²) in [6.45, 7) is 6.93. The van der Waals surface area contributed by atoms with Crippen molar-refractivity contribution in [2.75, 3.05) is 19.0 Å². The van der Waals surface area contributed by atoms with Crippen molar-refractivity contribution in [3.8, 4) is 11.5 Å². The van der Waals surface area contributed by atoms with Gasteiger partial charge in [-0.15, -0.1) is 0 Å². The van der Waals surface area contributed by atoms with Gasteiger partial charge in [-0.05, 0) is 66.0 Å². The van der Waals surface area contributed by atoms with Gasteiger partial charge < -0.3 is 20.1 Å². The lowest BCUT2D eigenvalue weighted by Gasteiger charge is -2.16. The van der Waals surface area contributed by atoms with Crippen LogP contribution >= 0.6 is 15.9 Å². The van der Waals surface area contributed by atoms with Crippen LogP contribution in [0.2, 0.25) is 0 Å². The molecule has 0 bridgehead atoms. The smallest absolute Gasteiger partial charge is 0.262 e. The van der Waals surface area contributed by atoms with Crippen LogP contribution in [0.15, 0.2) is 40.9 Å². The summed E-state index contributed by atoms with van der Waals surface area (Å²) in [7, 11) is 1.59. The molecule has 0 radical (unpaired) electrons. The van der Waals surface area contributed by atoms with E-state index in [-0.39, 0.29) is 12.5 Å². The molecule has 0 fully saturated rings. The van der Waals surface area contributed by atoms with E-state index in [9.17, 15) is 4.79 Å². The van der Waals surface area contributed by atoms with Crippen LogP contribution in [-0.2, 0) is 11.3 Å². The van der Waals surface area contributed by atoms with Crippen LogP contribution in [0, 0.1) is 6.92 Å². The summed E-state index contributed by atoms with van der Waals surface area (Å²) >= 11 is 3.52. The SMILES string of the molecule is CCC(C)NCc1cc(Br)c(OCC(=O)Nc2ccc(C)cc2)c(OC)c1. The van der Waals surface area contributed by atoms with Gasteiger partial charge in [0.15, 0.2) is 18.1 Å². The highest BCUT2D eigenvalue weighted by Gasteiger charge is 2.14. The molecule has 27 heavy (non-hydrogen) atoms. The first-order valence-corrected chi connectivity index (χ1v) is 9.81. The van der Waals surface area contributed by atoms with Crippen LogP contribution in [0.25, 0.3) is 0 Å². The molecule has 6 heteroatoms. The van der Waals surface area contributed by atoms with Gasteiger partial charge >= 0.3 is 0 Å². The molecule has 1 amide bonds. The number of carbonyl (C=O) groups is 1. The van der Waals surface area contributed by atoms with E-state index in [1.54, 1.807) is 7.11 Å². The third-order valence-corrected chi connectivity index (χ3v) is 4.83. The number of rotatable bonds is 9. The van der Waals surface area contributed by atoms with E-state index >= 15 is 0 Å². The number of carbonyl (C=O) groups excluding carboxylic acids is 1. The number of aryl methyl sites for hydroxylation is 1. The first-order chi connectivity index (χ1) is 12.9. The normalized spacial score (nSPS) is 11.7. The molecule has 2 aromatic rings. The molecule has 2 aromatic carbocycles. The highest BCUT2D eigenvalue weighted by Crippen LogP contribution is 2.36. The third kappa shape index (κ3) is 6.56. The Morgan fingerprint density at radius 3 is 2.56 bits per heavy atom. The highest BCUT2D eigenvalue weighted by molar-refractivity contribution is 9.10. The second kappa shape index (κ2) is 10.3. The van der Waals surface area contributed by atoms with Gasteiger partial charge in [-0.3, -0.25) is 4.79 Å². The van der Waals surface area contributed by atoms with Crippen LogP contribution in [0.4, 0.5) is 5.69 Å². The van der Waals surface area contributed by atoms with Crippen molar-refractivity contribution in [3.05, 3.63) is 52.0 Å². The van der Waals surface area contributed by atoms with Gasteiger partial charge in [0.05, 0.1) is 11.6 Å². The van der Waals surface area contributed by atoms with E-state index in [4.69, 9.17) is 9.47 Å². The molecule has 146 valence electrons. The highest BCUT2D eigenvalue weighted by atomic mass is 79.9. The Labute approximate surface area is 169 Å². The minimum atomic E-state index is -0.227. The van der Waals surface area contributed by atoms with Crippen LogP contribution in [0.1, 0.15) is 31.4 Å². The van der Waals surface area contributed by atoms with E-state index in [0.717, 1.165) is 34.3 Å². The number of hydrogen-bond acceptors (Lipinski definition) is 4. The maximum Gasteiger partial charge on any atom is 0.262 e. The molecule has 0 saturated carbocycles. The van der Waals surface area contributed by atoms with Gasteiger partial charge in [0.1, 0.15) is 0 Å².